The predicted molar refractivity (Wildman–Crippen MR) is 105 cm³/mol. The fourth-order valence-corrected chi connectivity index (χ4v) is 3.18. The summed E-state index contributed by atoms with van der Waals surface area (Å²) in [4.78, 5) is 24.8. The van der Waals surface area contributed by atoms with E-state index in [1.807, 2.05) is 48.5 Å². The molecule has 1 atom stereocenters. The first-order chi connectivity index (χ1) is 12.6. The third kappa shape index (κ3) is 3.52. The number of terminal acetylenes is 1. The van der Waals surface area contributed by atoms with E-state index in [1.165, 1.54) is 0 Å². The van der Waals surface area contributed by atoms with Gasteiger partial charge in [-0.05, 0) is 40.5 Å². The molecule has 0 fully saturated rings. The van der Waals surface area contributed by atoms with Gasteiger partial charge in [-0.15, -0.1) is 12.3 Å². The molecule has 0 bridgehead atoms. The highest BCUT2D eigenvalue weighted by atomic mass is 16.2. The zero-order valence-electron chi connectivity index (χ0n) is 14.4. The predicted octanol–water partition coefficient (Wildman–Crippen LogP) is 3.38. The number of benzene rings is 3. The van der Waals surface area contributed by atoms with Crippen LogP contribution in [-0.4, -0.2) is 17.9 Å². The molecule has 3 aromatic carbocycles. The van der Waals surface area contributed by atoms with Crippen LogP contribution in [0, 0.1) is 12.3 Å². The summed E-state index contributed by atoms with van der Waals surface area (Å²) in [5.41, 5.74) is 6.02. The van der Waals surface area contributed by atoms with Crippen molar-refractivity contribution in [1.29, 1.82) is 0 Å². The molecule has 0 aliphatic rings. The van der Waals surface area contributed by atoms with E-state index in [9.17, 15) is 9.59 Å². The van der Waals surface area contributed by atoms with Crippen molar-refractivity contribution < 1.29 is 9.59 Å². The van der Waals surface area contributed by atoms with Gasteiger partial charge in [-0.25, -0.2) is 0 Å². The van der Waals surface area contributed by atoms with Gasteiger partial charge in [0.1, 0.15) is 6.04 Å². The maximum Gasteiger partial charge on any atom is 0.253 e. The minimum Gasteiger partial charge on any atom is -0.368 e. The molecular formula is C22H20N2O2. The number of nitrogens with one attached hydrogen (secondary N) is 1. The smallest absolute Gasteiger partial charge is 0.253 e. The van der Waals surface area contributed by atoms with Gasteiger partial charge < -0.3 is 11.1 Å². The standard InChI is InChI=1S/C22H20N2O2/c1-2-3-4-13-19(21(23)25)24-22(26)20-17-11-7-5-9-15(17)14-16-10-6-8-12-18(16)20/h1,5-12,14,19H,3-4,13H2,(H2,23,25)(H,24,26)/t19-/m1/s1. The fourth-order valence-electron chi connectivity index (χ4n) is 3.18. The highest BCUT2D eigenvalue weighted by molar-refractivity contribution is 6.18. The van der Waals surface area contributed by atoms with Crippen molar-refractivity contribution >= 4 is 33.4 Å². The van der Waals surface area contributed by atoms with E-state index in [1.54, 1.807) is 0 Å². The van der Waals surface area contributed by atoms with Gasteiger partial charge >= 0.3 is 0 Å². The summed E-state index contributed by atoms with van der Waals surface area (Å²) in [7, 11) is 0. The molecular weight excluding hydrogens is 324 g/mol. The van der Waals surface area contributed by atoms with E-state index in [2.05, 4.69) is 17.3 Å². The maximum atomic E-state index is 13.1. The number of primary amides is 1. The van der Waals surface area contributed by atoms with Crippen LogP contribution in [0.2, 0.25) is 0 Å². The number of hydrogen-bond acceptors (Lipinski definition) is 2. The minimum atomic E-state index is -0.742. The van der Waals surface area contributed by atoms with Gasteiger partial charge in [-0.2, -0.15) is 0 Å². The van der Waals surface area contributed by atoms with Crippen LogP contribution in [-0.2, 0) is 4.79 Å². The van der Waals surface area contributed by atoms with Crippen LogP contribution in [0.3, 0.4) is 0 Å². The van der Waals surface area contributed by atoms with Gasteiger partial charge in [0, 0.05) is 6.42 Å². The molecule has 26 heavy (non-hydrogen) atoms. The van der Waals surface area contributed by atoms with Crippen LogP contribution in [0.1, 0.15) is 29.6 Å². The maximum absolute atomic E-state index is 13.1. The number of fused-ring (bicyclic) bond motifs is 2. The second-order valence-corrected chi connectivity index (χ2v) is 6.22. The molecule has 0 saturated carbocycles. The second kappa shape index (κ2) is 7.71. The Morgan fingerprint density at radius 2 is 1.62 bits per heavy atom. The average molecular weight is 344 g/mol. The largest absolute Gasteiger partial charge is 0.368 e. The van der Waals surface area contributed by atoms with Gasteiger partial charge in [-0.3, -0.25) is 9.59 Å². The summed E-state index contributed by atoms with van der Waals surface area (Å²) in [6.07, 6.45) is 6.84. The molecule has 2 amide bonds. The number of nitrogens with two attached hydrogens (primary N) is 1. The van der Waals surface area contributed by atoms with Crippen LogP contribution in [0.25, 0.3) is 21.5 Å². The third-order valence-electron chi connectivity index (χ3n) is 4.46. The van der Waals surface area contributed by atoms with Crippen molar-refractivity contribution in [2.45, 2.75) is 25.3 Å². The van der Waals surface area contributed by atoms with E-state index in [4.69, 9.17) is 12.2 Å². The molecule has 0 saturated heterocycles. The van der Waals surface area contributed by atoms with E-state index in [0.717, 1.165) is 21.5 Å². The molecule has 4 heteroatoms. The van der Waals surface area contributed by atoms with Crippen LogP contribution in [0.4, 0.5) is 0 Å². The van der Waals surface area contributed by atoms with Gasteiger partial charge in [0.25, 0.3) is 5.91 Å². The lowest BCUT2D eigenvalue weighted by atomic mass is 9.96. The average Bonchev–Trinajstić information content (AvgIpc) is 2.65. The first-order valence-corrected chi connectivity index (χ1v) is 8.56. The normalized spacial score (nSPS) is 11.8. The summed E-state index contributed by atoms with van der Waals surface area (Å²) < 4.78 is 0. The summed E-state index contributed by atoms with van der Waals surface area (Å²) >= 11 is 0. The molecule has 3 aromatic rings. The van der Waals surface area contributed by atoms with Crippen molar-refractivity contribution in [3.05, 3.63) is 60.2 Å². The Labute approximate surface area is 152 Å². The third-order valence-corrected chi connectivity index (χ3v) is 4.46. The van der Waals surface area contributed by atoms with E-state index < -0.39 is 11.9 Å². The van der Waals surface area contributed by atoms with E-state index in [0.29, 0.717) is 24.8 Å². The molecule has 0 unspecified atom stereocenters. The molecule has 0 heterocycles. The molecule has 0 spiro atoms. The lowest BCUT2D eigenvalue weighted by Crippen LogP contribution is -2.44. The second-order valence-electron chi connectivity index (χ2n) is 6.22. The Balaban J connectivity index is 2.03. The zero-order valence-corrected chi connectivity index (χ0v) is 14.4. The molecule has 0 aliphatic heterocycles. The Bertz CT molecular complexity index is 963. The highest BCUT2D eigenvalue weighted by Gasteiger charge is 2.21. The van der Waals surface area contributed by atoms with Gasteiger partial charge in [0.15, 0.2) is 0 Å². The number of carbonyl (C=O) groups is 2. The molecule has 0 aliphatic carbocycles. The first kappa shape index (κ1) is 17.5. The lowest BCUT2D eigenvalue weighted by molar-refractivity contribution is -0.120. The van der Waals surface area contributed by atoms with Crippen LogP contribution in [0.5, 0.6) is 0 Å². The summed E-state index contributed by atoms with van der Waals surface area (Å²) in [6.45, 7) is 0. The number of amides is 2. The van der Waals surface area contributed by atoms with Crippen molar-refractivity contribution in [2.24, 2.45) is 5.73 Å². The van der Waals surface area contributed by atoms with Crippen LogP contribution in [0.15, 0.2) is 54.6 Å². The van der Waals surface area contributed by atoms with Crippen molar-refractivity contribution in [1.82, 2.24) is 5.32 Å². The van der Waals surface area contributed by atoms with Crippen LogP contribution >= 0.6 is 0 Å². The molecule has 3 N–H and O–H groups in total. The summed E-state index contributed by atoms with van der Waals surface area (Å²) in [5, 5.41) is 6.42. The molecule has 0 radical (unpaired) electrons. The first-order valence-electron chi connectivity index (χ1n) is 8.56. The number of carbonyl (C=O) groups excluding carboxylic acids is 2. The van der Waals surface area contributed by atoms with Crippen molar-refractivity contribution in [2.75, 3.05) is 0 Å². The van der Waals surface area contributed by atoms with Crippen molar-refractivity contribution in [3.63, 3.8) is 0 Å². The van der Waals surface area contributed by atoms with Gasteiger partial charge in [-0.1, -0.05) is 48.5 Å². The zero-order chi connectivity index (χ0) is 18.5. The number of hydrogen-bond donors (Lipinski definition) is 2. The van der Waals surface area contributed by atoms with Gasteiger partial charge in [0.2, 0.25) is 5.91 Å². The molecule has 4 nitrogen and oxygen atoms in total. The quantitative estimate of drug-likeness (QED) is 0.409. The number of unbranched alkanes of at least 4 members (excludes halogenated alkanes) is 1. The Morgan fingerprint density at radius 1 is 1.04 bits per heavy atom. The summed E-state index contributed by atoms with van der Waals surface area (Å²) in [6, 6.07) is 16.7. The highest BCUT2D eigenvalue weighted by Crippen LogP contribution is 2.28. The van der Waals surface area contributed by atoms with E-state index in [-0.39, 0.29) is 5.91 Å². The lowest BCUT2D eigenvalue weighted by Gasteiger charge is -2.17. The van der Waals surface area contributed by atoms with Crippen molar-refractivity contribution in [3.8, 4) is 12.3 Å². The Hall–Kier alpha value is -3.32. The number of rotatable bonds is 6. The monoisotopic (exact) mass is 344 g/mol. The fraction of sp³-hybridized carbons (Fsp3) is 0.182. The van der Waals surface area contributed by atoms with Crippen LogP contribution < -0.4 is 11.1 Å². The minimum absolute atomic E-state index is 0.303. The van der Waals surface area contributed by atoms with E-state index >= 15 is 0 Å². The Kier molecular flexibility index (Phi) is 5.19. The Morgan fingerprint density at radius 3 is 2.15 bits per heavy atom. The topological polar surface area (TPSA) is 72.2 Å². The SMILES string of the molecule is C#CCCC[C@@H](NC(=O)c1c2ccccc2cc2ccccc12)C(N)=O. The summed E-state index contributed by atoms with van der Waals surface area (Å²) in [5.74, 6) is 1.67. The van der Waals surface area contributed by atoms with Gasteiger partial charge in [0.05, 0.1) is 5.56 Å². The molecule has 3 rings (SSSR count). The molecule has 0 aromatic heterocycles. The molecule has 130 valence electrons.